The maximum absolute atomic E-state index is 9.40. The molecule has 1 saturated carbocycles. The van der Waals surface area contributed by atoms with Gasteiger partial charge in [0.05, 0.1) is 23.9 Å². The van der Waals surface area contributed by atoms with Gasteiger partial charge in [0.2, 0.25) is 0 Å². The van der Waals surface area contributed by atoms with E-state index in [4.69, 9.17) is 4.74 Å². The Hall–Kier alpha value is -1.57. The normalized spacial score (nSPS) is 21.7. The van der Waals surface area contributed by atoms with Crippen molar-refractivity contribution in [3.05, 3.63) is 29.3 Å². The van der Waals surface area contributed by atoms with E-state index in [1.54, 1.807) is 0 Å². The van der Waals surface area contributed by atoms with Crippen LogP contribution in [0.1, 0.15) is 30.4 Å². The number of anilines is 1. The minimum atomic E-state index is 0.387. The number of ether oxygens (including phenoxy) is 1. The zero-order valence-electron chi connectivity index (χ0n) is 11.9. The number of nitrogens with one attached hydrogen (secondary N) is 1. The van der Waals surface area contributed by atoms with E-state index in [0.29, 0.717) is 12.1 Å². The second-order valence-corrected chi connectivity index (χ2v) is 5.75. The molecule has 1 aliphatic heterocycles. The molecule has 1 aromatic carbocycles. The highest BCUT2D eigenvalue weighted by Crippen LogP contribution is 2.25. The fourth-order valence-electron chi connectivity index (χ4n) is 2.66. The highest BCUT2D eigenvalue weighted by molar-refractivity contribution is 5.60. The lowest BCUT2D eigenvalue weighted by atomic mass is 10.1. The molecule has 1 saturated heterocycles. The standard InChI is InChI=1S/C16H21N3O/c1-19(15-6-7-20-11-15)16-5-2-12(8-13(16)9-17)10-18-14-3-4-14/h2,5,8,14-15,18H,3-4,6-7,10-11H2,1H3. The summed E-state index contributed by atoms with van der Waals surface area (Å²) in [6.45, 7) is 2.43. The van der Waals surface area contributed by atoms with Crippen LogP contribution in [-0.2, 0) is 11.3 Å². The molecule has 0 spiro atoms. The molecule has 106 valence electrons. The number of benzene rings is 1. The first-order chi connectivity index (χ1) is 9.78. The van der Waals surface area contributed by atoms with Crippen LogP contribution in [-0.4, -0.2) is 32.3 Å². The van der Waals surface area contributed by atoms with Crippen LogP contribution in [0.4, 0.5) is 5.69 Å². The summed E-state index contributed by atoms with van der Waals surface area (Å²) in [6.07, 6.45) is 3.60. The lowest BCUT2D eigenvalue weighted by Crippen LogP contribution is -2.32. The summed E-state index contributed by atoms with van der Waals surface area (Å²) in [7, 11) is 2.05. The molecule has 0 aromatic heterocycles. The van der Waals surface area contributed by atoms with Gasteiger partial charge in [-0.3, -0.25) is 0 Å². The first-order valence-electron chi connectivity index (χ1n) is 7.35. The van der Waals surface area contributed by atoms with E-state index >= 15 is 0 Å². The van der Waals surface area contributed by atoms with E-state index in [-0.39, 0.29) is 0 Å². The van der Waals surface area contributed by atoms with Gasteiger partial charge >= 0.3 is 0 Å². The monoisotopic (exact) mass is 271 g/mol. The summed E-state index contributed by atoms with van der Waals surface area (Å²) in [5.74, 6) is 0. The maximum Gasteiger partial charge on any atom is 0.101 e. The van der Waals surface area contributed by atoms with Crippen LogP contribution < -0.4 is 10.2 Å². The molecule has 4 heteroatoms. The smallest absolute Gasteiger partial charge is 0.101 e. The van der Waals surface area contributed by atoms with E-state index in [1.165, 1.54) is 18.4 Å². The third-order valence-electron chi connectivity index (χ3n) is 4.19. The van der Waals surface area contributed by atoms with Gasteiger partial charge in [0, 0.05) is 26.2 Å². The largest absolute Gasteiger partial charge is 0.379 e. The van der Waals surface area contributed by atoms with Gasteiger partial charge < -0.3 is 15.0 Å². The van der Waals surface area contributed by atoms with Crippen LogP contribution in [0, 0.1) is 11.3 Å². The molecule has 1 heterocycles. The third kappa shape index (κ3) is 2.95. The van der Waals surface area contributed by atoms with E-state index < -0.39 is 0 Å². The van der Waals surface area contributed by atoms with Crippen LogP contribution in [0.5, 0.6) is 0 Å². The highest BCUT2D eigenvalue weighted by atomic mass is 16.5. The quantitative estimate of drug-likeness (QED) is 0.890. The van der Waals surface area contributed by atoms with Crippen LogP contribution >= 0.6 is 0 Å². The van der Waals surface area contributed by atoms with Crippen molar-refractivity contribution in [3.63, 3.8) is 0 Å². The molecule has 2 aliphatic rings. The molecule has 4 nitrogen and oxygen atoms in total. The molecule has 1 unspecified atom stereocenters. The third-order valence-corrected chi connectivity index (χ3v) is 4.19. The van der Waals surface area contributed by atoms with Crippen molar-refractivity contribution in [3.8, 4) is 6.07 Å². The second-order valence-electron chi connectivity index (χ2n) is 5.75. The molecule has 0 amide bonds. The predicted molar refractivity (Wildman–Crippen MR) is 78.6 cm³/mol. The molecular weight excluding hydrogens is 250 g/mol. The highest BCUT2D eigenvalue weighted by Gasteiger charge is 2.23. The number of likely N-dealkylation sites (N-methyl/N-ethyl adjacent to an activating group) is 1. The van der Waals surface area contributed by atoms with Crippen molar-refractivity contribution >= 4 is 5.69 Å². The fourth-order valence-corrected chi connectivity index (χ4v) is 2.66. The van der Waals surface area contributed by atoms with Crippen molar-refractivity contribution in [2.45, 2.75) is 37.9 Å². The van der Waals surface area contributed by atoms with Crippen molar-refractivity contribution in [1.82, 2.24) is 5.32 Å². The zero-order valence-corrected chi connectivity index (χ0v) is 11.9. The van der Waals surface area contributed by atoms with E-state index in [9.17, 15) is 5.26 Å². The molecule has 2 fully saturated rings. The Balaban J connectivity index is 1.74. The Morgan fingerprint density at radius 1 is 1.40 bits per heavy atom. The van der Waals surface area contributed by atoms with Crippen LogP contribution in [0.3, 0.4) is 0 Å². The number of rotatable bonds is 5. The topological polar surface area (TPSA) is 48.3 Å². The van der Waals surface area contributed by atoms with Crippen molar-refractivity contribution in [2.75, 3.05) is 25.2 Å². The molecule has 20 heavy (non-hydrogen) atoms. The molecule has 0 bridgehead atoms. The Kier molecular flexibility index (Phi) is 3.90. The van der Waals surface area contributed by atoms with Crippen LogP contribution in [0.25, 0.3) is 0 Å². The lowest BCUT2D eigenvalue weighted by molar-refractivity contribution is 0.193. The zero-order chi connectivity index (χ0) is 13.9. The maximum atomic E-state index is 9.40. The lowest BCUT2D eigenvalue weighted by Gasteiger charge is -2.26. The SMILES string of the molecule is CN(c1ccc(CNC2CC2)cc1C#N)C1CCOC1. The molecule has 1 N–H and O–H groups in total. The van der Waals surface area contributed by atoms with Gasteiger partial charge in [0.15, 0.2) is 0 Å². The van der Waals surface area contributed by atoms with Gasteiger partial charge in [-0.2, -0.15) is 5.26 Å². The van der Waals surface area contributed by atoms with Gasteiger partial charge in [0.1, 0.15) is 6.07 Å². The first-order valence-corrected chi connectivity index (χ1v) is 7.35. The number of nitriles is 1. The average Bonchev–Trinajstić information content (AvgIpc) is 3.15. The Bertz CT molecular complexity index is 513. The van der Waals surface area contributed by atoms with Crippen LogP contribution in [0.15, 0.2) is 18.2 Å². The second kappa shape index (κ2) is 5.82. The summed E-state index contributed by atoms with van der Waals surface area (Å²) in [5.41, 5.74) is 2.96. The molecule has 1 aliphatic carbocycles. The molecule has 3 rings (SSSR count). The van der Waals surface area contributed by atoms with Crippen molar-refractivity contribution in [2.24, 2.45) is 0 Å². The first kappa shape index (κ1) is 13.4. The number of hydrogen-bond donors (Lipinski definition) is 1. The van der Waals surface area contributed by atoms with Gasteiger partial charge in [-0.05, 0) is 37.0 Å². The van der Waals surface area contributed by atoms with Crippen LogP contribution in [0.2, 0.25) is 0 Å². The summed E-state index contributed by atoms with van der Waals surface area (Å²) in [4.78, 5) is 2.18. The Labute approximate surface area is 120 Å². The minimum absolute atomic E-state index is 0.387. The summed E-state index contributed by atoms with van der Waals surface area (Å²) >= 11 is 0. The van der Waals surface area contributed by atoms with Crippen molar-refractivity contribution in [1.29, 1.82) is 5.26 Å². The van der Waals surface area contributed by atoms with E-state index in [0.717, 1.165) is 37.4 Å². The van der Waals surface area contributed by atoms with Crippen molar-refractivity contribution < 1.29 is 4.74 Å². The van der Waals surface area contributed by atoms with E-state index in [2.05, 4.69) is 35.5 Å². The van der Waals surface area contributed by atoms with E-state index in [1.807, 2.05) is 6.07 Å². The molecular formula is C16H21N3O. The van der Waals surface area contributed by atoms with Gasteiger partial charge in [0.25, 0.3) is 0 Å². The molecule has 0 radical (unpaired) electrons. The minimum Gasteiger partial charge on any atom is -0.379 e. The molecule has 1 aromatic rings. The fraction of sp³-hybridized carbons (Fsp3) is 0.562. The van der Waals surface area contributed by atoms with Gasteiger partial charge in [-0.15, -0.1) is 0 Å². The Morgan fingerprint density at radius 3 is 2.90 bits per heavy atom. The summed E-state index contributed by atoms with van der Waals surface area (Å²) in [5, 5.41) is 12.9. The summed E-state index contributed by atoms with van der Waals surface area (Å²) in [6, 6.07) is 9.62. The number of nitrogens with zero attached hydrogens (tertiary/aromatic N) is 2. The van der Waals surface area contributed by atoms with Gasteiger partial charge in [-0.1, -0.05) is 6.07 Å². The number of hydrogen-bond acceptors (Lipinski definition) is 4. The summed E-state index contributed by atoms with van der Waals surface area (Å²) < 4.78 is 5.43. The average molecular weight is 271 g/mol. The molecule has 1 atom stereocenters. The Morgan fingerprint density at radius 2 is 2.25 bits per heavy atom. The van der Waals surface area contributed by atoms with Gasteiger partial charge in [-0.25, -0.2) is 0 Å². The predicted octanol–water partition coefficient (Wildman–Crippen LogP) is 2.04.